The van der Waals surface area contributed by atoms with E-state index in [0.29, 0.717) is 17.0 Å². The number of pyridine rings is 1. The quantitative estimate of drug-likeness (QED) is 0.938. The Labute approximate surface area is 134 Å². The third kappa shape index (κ3) is 3.54. The minimum Gasteiger partial charge on any atom is -0.492 e. The average Bonchev–Trinajstić information content (AvgIpc) is 2.88. The van der Waals surface area contributed by atoms with Gasteiger partial charge in [-0.25, -0.2) is 9.31 Å². The fourth-order valence-electron chi connectivity index (χ4n) is 2.18. The SMILES string of the molecule is COc1c(NC(=O)OC(C)(C)C)ccn2ncc(C(C)C#N)c12. The van der Waals surface area contributed by atoms with Gasteiger partial charge in [-0.15, -0.1) is 0 Å². The zero-order valence-corrected chi connectivity index (χ0v) is 13.9. The summed E-state index contributed by atoms with van der Waals surface area (Å²) >= 11 is 0. The normalized spacial score (nSPS) is 12.5. The number of methoxy groups -OCH3 is 1. The lowest BCUT2D eigenvalue weighted by Crippen LogP contribution is -2.27. The minimum absolute atomic E-state index is 0.349. The molecule has 23 heavy (non-hydrogen) atoms. The standard InChI is InChI=1S/C16H20N4O3/c1-10(8-17)11-9-18-20-7-6-12(14(22-5)13(11)20)19-15(21)23-16(2,3)4/h6-7,9-10H,1-5H3,(H,19,21). The van der Waals surface area contributed by atoms with Crippen LogP contribution in [0.2, 0.25) is 0 Å². The number of carbonyl (C=O) groups is 1. The number of nitrogens with zero attached hydrogens (tertiary/aromatic N) is 3. The second-order valence-electron chi connectivity index (χ2n) is 6.13. The molecule has 1 atom stereocenters. The van der Waals surface area contributed by atoms with Crippen LogP contribution in [0.4, 0.5) is 10.5 Å². The predicted molar refractivity (Wildman–Crippen MR) is 85.6 cm³/mol. The number of aromatic nitrogens is 2. The maximum absolute atomic E-state index is 12.0. The van der Waals surface area contributed by atoms with Crippen molar-refractivity contribution in [1.29, 1.82) is 5.26 Å². The molecule has 2 aromatic rings. The molecular weight excluding hydrogens is 296 g/mol. The van der Waals surface area contributed by atoms with Gasteiger partial charge in [-0.1, -0.05) is 0 Å². The second kappa shape index (κ2) is 6.16. The van der Waals surface area contributed by atoms with Gasteiger partial charge in [0, 0.05) is 11.8 Å². The van der Waals surface area contributed by atoms with Crippen LogP contribution >= 0.6 is 0 Å². The fourth-order valence-corrected chi connectivity index (χ4v) is 2.18. The average molecular weight is 316 g/mol. The number of rotatable bonds is 3. The van der Waals surface area contributed by atoms with Crippen molar-refractivity contribution in [3.63, 3.8) is 0 Å². The molecule has 0 aromatic carbocycles. The van der Waals surface area contributed by atoms with E-state index in [1.54, 1.807) is 50.7 Å². The van der Waals surface area contributed by atoms with E-state index < -0.39 is 11.7 Å². The van der Waals surface area contributed by atoms with Gasteiger partial charge in [-0.05, 0) is 33.8 Å². The van der Waals surface area contributed by atoms with Gasteiger partial charge in [-0.3, -0.25) is 5.32 Å². The molecule has 0 fully saturated rings. The number of nitrogens with one attached hydrogen (secondary N) is 1. The minimum atomic E-state index is -0.599. The van der Waals surface area contributed by atoms with Crippen molar-refractivity contribution in [2.24, 2.45) is 0 Å². The number of nitriles is 1. The highest BCUT2D eigenvalue weighted by molar-refractivity contribution is 5.90. The van der Waals surface area contributed by atoms with Crippen LogP contribution in [0.3, 0.4) is 0 Å². The van der Waals surface area contributed by atoms with Crippen molar-refractivity contribution in [1.82, 2.24) is 9.61 Å². The molecule has 2 heterocycles. The molecule has 1 unspecified atom stereocenters. The lowest BCUT2D eigenvalue weighted by Gasteiger charge is -2.20. The Morgan fingerprint density at radius 2 is 2.17 bits per heavy atom. The first-order valence-electron chi connectivity index (χ1n) is 7.20. The monoisotopic (exact) mass is 316 g/mol. The highest BCUT2D eigenvalue weighted by atomic mass is 16.6. The number of ether oxygens (including phenoxy) is 2. The Bertz CT molecular complexity index is 768. The first-order valence-corrected chi connectivity index (χ1v) is 7.20. The zero-order chi connectivity index (χ0) is 17.2. The maximum atomic E-state index is 12.0. The van der Waals surface area contributed by atoms with E-state index in [4.69, 9.17) is 14.7 Å². The summed E-state index contributed by atoms with van der Waals surface area (Å²) in [6.07, 6.45) is 2.75. The molecule has 122 valence electrons. The molecule has 2 rings (SSSR count). The van der Waals surface area contributed by atoms with Crippen molar-refractivity contribution in [3.05, 3.63) is 24.0 Å². The fraction of sp³-hybridized carbons (Fsp3) is 0.438. The third-order valence-corrected chi connectivity index (χ3v) is 3.17. The van der Waals surface area contributed by atoms with E-state index in [-0.39, 0.29) is 5.92 Å². The molecule has 1 N–H and O–H groups in total. The lowest BCUT2D eigenvalue weighted by atomic mass is 10.0. The Balaban J connectivity index is 2.45. The Hall–Kier alpha value is -2.75. The summed E-state index contributed by atoms with van der Waals surface area (Å²) in [5, 5.41) is 16.0. The van der Waals surface area contributed by atoms with Crippen LogP contribution in [-0.4, -0.2) is 28.4 Å². The summed E-state index contributed by atoms with van der Waals surface area (Å²) in [7, 11) is 1.50. The molecule has 0 aliphatic carbocycles. The molecule has 0 radical (unpaired) electrons. The van der Waals surface area contributed by atoms with Crippen molar-refractivity contribution in [2.75, 3.05) is 12.4 Å². The second-order valence-corrected chi connectivity index (χ2v) is 6.13. The zero-order valence-electron chi connectivity index (χ0n) is 13.9. The van der Waals surface area contributed by atoms with E-state index in [2.05, 4.69) is 16.5 Å². The van der Waals surface area contributed by atoms with Crippen LogP contribution in [0.1, 0.15) is 39.2 Å². The smallest absolute Gasteiger partial charge is 0.412 e. The number of carbonyl (C=O) groups excluding carboxylic acids is 1. The van der Waals surface area contributed by atoms with Crippen LogP contribution in [0.5, 0.6) is 5.75 Å². The summed E-state index contributed by atoms with van der Waals surface area (Å²) in [5.41, 5.74) is 1.24. The Kier molecular flexibility index (Phi) is 4.45. The maximum Gasteiger partial charge on any atom is 0.412 e. The van der Waals surface area contributed by atoms with E-state index in [0.717, 1.165) is 5.56 Å². The van der Waals surface area contributed by atoms with Gasteiger partial charge in [0.05, 0.1) is 31.0 Å². The molecule has 0 aliphatic heterocycles. The summed E-state index contributed by atoms with van der Waals surface area (Å²) in [4.78, 5) is 12.0. The van der Waals surface area contributed by atoms with Crippen LogP contribution in [-0.2, 0) is 4.74 Å². The Morgan fingerprint density at radius 1 is 1.48 bits per heavy atom. The summed E-state index contributed by atoms with van der Waals surface area (Å²) in [6, 6.07) is 3.85. The van der Waals surface area contributed by atoms with Gasteiger partial charge >= 0.3 is 6.09 Å². The molecule has 0 saturated carbocycles. The molecule has 0 bridgehead atoms. The van der Waals surface area contributed by atoms with Crippen molar-refractivity contribution in [3.8, 4) is 11.8 Å². The van der Waals surface area contributed by atoms with Gasteiger partial charge < -0.3 is 9.47 Å². The van der Waals surface area contributed by atoms with Crippen LogP contribution in [0.15, 0.2) is 18.5 Å². The van der Waals surface area contributed by atoms with E-state index in [1.165, 1.54) is 7.11 Å². The highest BCUT2D eigenvalue weighted by Crippen LogP contribution is 2.34. The molecule has 2 aromatic heterocycles. The van der Waals surface area contributed by atoms with Gasteiger partial charge in [0.25, 0.3) is 0 Å². The van der Waals surface area contributed by atoms with Crippen molar-refractivity contribution >= 4 is 17.3 Å². The van der Waals surface area contributed by atoms with Crippen LogP contribution in [0.25, 0.3) is 5.52 Å². The van der Waals surface area contributed by atoms with Gasteiger partial charge in [0.1, 0.15) is 11.1 Å². The molecular formula is C16H20N4O3. The first kappa shape index (κ1) is 16.6. The van der Waals surface area contributed by atoms with Gasteiger partial charge in [0.15, 0.2) is 5.75 Å². The third-order valence-electron chi connectivity index (χ3n) is 3.17. The summed E-state index contributed by atoms with van der Waals surface area (Å²) < 4.78 is 12.3. The number of hydrogen-bond acceptors (Lipinski definition) is 5. The van der Waals surface area contributed by atoms with Gasteiger partial charge in [-0.2, -0.15) is 10.4 Å². The first-order chi connectivity index (χ1) is 10.8. The largest absolute Gasteiger partial charge is 0.492 e. The molecule has 0 aliphatic rings. The van der Waals surface area contributed by atoms with Crippen molar-refractivity contribution < 1.29 is 14.3 Å². The van der Waals surface area contributed by atoms with Crippen molar-refractivity contribution in [2.45, 2.75) is 39.2 Å². The number of hydrogen-bond donors (Lipinski definition) is 1. The summed E-state index contributed by atoms with van der Waals surface area (Å²) in [6.45, 7) is 7.15. The molecule has 1 amide bonds. The highest BCUT2D eigenvalue weighted by Gasteiger charge is 2.21. The number of fused-ring (bicyclic) bond motifs is 1. The topological polar surface area (TPSA) is 88.7 Å². The number of amides is 1. The lowest BCUT2D eigenvalue weighted by molar-refractivity contribution is 0.0635. The molecule has 7 nitrogen and oxygen atoms in total. The molecule has 0 spiro atoms. The van der Waals surface area contributed by atoms with E-state index in [9.17, 15) is 4.79 Å². The molecule has 0 saturated heterocycles. The summed E-state index contributed by atoms with van der Waals surface area (Å²) in [5.74, 6) is 0.0890. The van der Waals surface area contributed by atoms with E-state index >= 15 is 0 Å². The predicted octanol–water partition coefficient (Wildman–Crippen LogP) is 3.32. The number of anilines is 1. The van der Waals surface area contributed by atoms with Gasteiger partial charge in [0.2, 0.25) is 0 Å². The van der Waals surface area contributed by atoms with Crippen LogP contribution in [0, 0.1) is 11.3 Å². The molecule has 7 heteroatoms. The van der Waals surface area contributed by atoms with E-state index in [1.807, 2.05) is 0 Å². The Morgan fingerprint density at radius 3 is 2.74 bits per heavy atom. The van der Waals surface area contributed by atoms with Crippen LogP contribution < -0.4 is 10.1 Å².